The molecule has 0 fully saturated rings. The van der Waals surface area contributed by atoms with Gasteiger partial charge >= 0.3 is 5.97 Å². The molecule has 0 saturated heterocycles. The maximum Gasteiger partial charge on any atom is 0.310 e. The molecule has 0 aliphatic rings. The number of nitrogens with one attached hydrogen (secondary N) is 1. The maximum absolute atomic E-state index is 11.5. The Bertz CT molecular complexity index is 569. The Labute approximate surface area is 107 Å². The van der Waals surface area contributed by atoms with Gasteiger partial charge in [0.2, 0.25) is 0 Å². The number of hydrogen-bond donors (Lipinski definition) is 1. The van der Waals surface area contributed by atoms with Crippen LogP contribution in [-0.4, -0.2) is 18.1 Å². The number of rotatable bonds is 4. The van der Waals surface area contributed by atoms with Crippen molar-refractivity contribution < 1.29 is 9.53 Å². The van der Waals surface area contributed by atoms with E-state index in [-0.39, 0.29) is 5.97 Å². The summed E-state index contributed by atoms with van der Waals surface area (Å²) in [6, 6.07) is 6.28. The van der Waals surface area contributed by atoms with Crippen molar-refractivity contribution >= 4 is 16.9 Å². The van der Waals surface area contributed by atoms with Crippen molar-refractivity contribution in [3.8, 4) is 0 Å². The third-order valence-corrected chi connectivity index (χ3v) is 3.20. The Morgan fingerprint density at radius 2 is 2.17 bits per heavy atom. The van der Waals surface area contributed by atoms with E-state index in [2.05, 4.69) is 37.0 Å². The zero-order chi connectivity index (χ0) is 13.1. The molecule has 0 aliphatic carbocycles. The zero-order valence-electron chi connectivity index (χ0n) is 11.2. The fourth-order valence-electron chi connectivity index (χ4n) is 2.30. The molecule has 96 valence electrons. The molecule has 3 nitrogen and oxygen atoms in total. The third-order valence-electron chi connectivity index (χ3n) is 3.20. The monoisotopic (exact) mass is 245 g/mol. The molecule has 1 aromatic heterocycles. The van der Waals surface area contributed by atoms with Crippen LogP contribution in [0.5, 0.6) is 0 Å². The van der Waals surface area contributed by atoms with Gasteiger partial charge in [0.1, 0.15) is 0 Å². The topological polar surface area (TPSA) is 42.1 Å². The van der Waals surface area contributed by atoms with Gasteiger partial charge in [-0.05, 0) is 31.0 Å². The molecule has 0 unspecified atom stereocenters. The molecule has 1 aromatic carbocycles. The van der Waals surface area contributed by atoms with E-state index in [1.54, 1.807) is 0 Å². The molecule has 18 heavy (non-hydrogen) atoms. The largest absolute Gasteiger partial charge is 0.469 e. The van der Waals surface area contributed by atoms with E-state index in [1.807, 2.05) is 0 Å². The Hall–Kier alpha value is -1.77. The highest BCUT2D eigenvalue weighted by Gasteiger charge is 2.14. The fourth-order valence-corrected chi connectivity index (χ4v) is 2.30. The first-order valence-corrected chi connectivity index (χ1v) is 6.32. The minimum Gasteiger partial charge on any atom is -0.469 e. The van der Waals surface area contributed by atoms with Gasteiger partial charge in [0.25, 0.3) is 0 Å². The first-order chi connectivity index (χ1) is 8.65. The number of methoxy groups -OCH3 is 1. The standard InChI is InChI=1S/C15H19NO2/c1-4-5-13-12(9-15(17)18-3)11-8-10(2)6-7-14(11)16-13/h6-8,16H,4-5,9H2,1-3H3. The van der Waals surface area contributed by atoms with Gasteiger partial charge in [-0.2, -0.15) is 0 Å². The number of carbonyl (C=O) groups is 1. The highest BCUT2D eigenvalue weighted by Crippen LogP contribution is 2.25. The molecule has 1 heterocycles. The van der Waals surface area contributed by atoms with Crippen LogP contribution in [0.15, 0.2) is 18.2 Å². The number of ether oxygens (including phenoxy) is 1. The average molecular weight is 245 g/mol. The molecule has 1 N–H and O–H groups in total. The number of H-pyrrole nitrogens is 1. The maximum atomic E-state index is 11.5. The Balaban J connectivity index is 2.53. The van der Waals surface area contributed by atoms with Crippen molar-refractivity contribution in [3.63, 3.8) is 0 Å². The van der Waals surface area contributed by atoms with E-state index in [0.717, 1.165) is 35.0 Å². The van der Waals surface area contributed by atoms with E-state index in [4.69, 9.17) is 4.74 Å². The van der Waals surface area contributed by atoms with Gasteiger partial charge in [-0.3, -0.25) is 4.79 Å². The Kier molecular flexibility index (Phi) is 3.70. The number of aromatic amines is 1. The van der Waals surface area contributed by atoms with Crippen LogP contribution in [0.1, 0.15) is 30.2 Å². The van der Waals surface area contributed by atoms with Gasteiger partial charge in [-0.15, -0.1) is 0 Å². The highest BCUT2D eigenvalue weighted by molar-refractivity contribution is 5.89. The molecule has 0 aliphatic heterocycles. The van der Waals surface area contributed by atoms with Crippen LogP contribution in [0, 0.1) is 6.92 Å². The molecule has 2 aromatic rings. The molecule has 0 bridgehead atoms. The lowest BCUT2D eigenvalue weighted by molar-refractivity contribution is -0.139. The molecular formula is C15H19NO2. The highest BCUT2D eigenvalue weighted by atomic mass is 16.5. The molecule has 2 rings (SSSR count). The van der Waals surface area contributed by atoms with Crippen LogP contribution in [0.4, 0.5) is 0 Å². The van der Waals surface area contributed by atoms with Gasteiger partial charge in [0.15, 0.2) is 0 Å². The smallest absolute Gasteiger partial charge is 0.310 e. The van der Waals surface area contributed by atoms with Crippen LogP contribution in [0.2, 0.25) is 0 Å². The van der Waals surface area contributed by atoms with E-state index in [0.29, 0.717) is 6.42 Å². The lowest BCUT2D eigenvalue weighted by Crippen LogP contribution is -2.06. The van der Waals surface area contributed by atoms with Gasteiger partial charge in [0.05, 0.1) is 13.5 Å². The normalized spacial score (nSPS) is 10.8. The number of carbonyl (C=O) groups excluding carboxylic acids is 1. The number of fused-ring (bicyclic) bond motifs is 1. The summed E-state index contributed by atoms with van der Waals surface area (Å²) >= 11 is 0. The summed E-state index contributed by atoms with van der Waals surface area (Å²) in [6.07, 6.45) is 2.36. The van der Waals surface area contributed by atoms with Crippen molar-refractivity contribution in [3.05, 3.63) is 35.0 Å². The van der Waals surface area contributed by atoms with Crippen molar-refractivity contribution in [2.75, 3.05) is 7.11 Å². The zero-order valence-corrected chi connectivity index (χ0v) is 11.2. The van der Waals surface area contributed by atoms with E-state index in [9.17, 15) is 4.79 Å². The number of aryl methyl sites for hydroxylation is 2. The summed E-state index contributed by atoms with van der Waals surface area (Å²) in [5.41, 5.74) is 4.55. The SMILES string of the molecule is CCCc1[nH]c2ccc(C)cc2c1CC(=O)OC. The molecule has 0 radical (unpaired) electrons. The summed E-state index contributed by atoms with van der Waals surface area (Å²) in [4.78, 5) is 14.9. The van der Waals surface area contributed by atoms with Crippen molar-refractivity contribution in [1.29, 1.82) is 0 Å². The lowest BCUT2D eigenvalue weighted by Gasteiger charge is -2.03. The molecule has 0 atom stereocenters. The number of aromatic nitrogens is 1. The van der Waals surface area contributed by atoms with Gasteiger partial charge < -0.3 is 9.72 Å². The van der Waals surface area contributed by atoms with Crippen LogP contribution in [0.25, 0.3) is 10.9 Å². The van der Waals surface area contributed by atoms with Crippen molar-refractivity contribution in [2.45, 2.75) is 33.1 Å². The lowest BCUT2D eigenvalue weighted by atomic mass is 10.0. The van der Waals surface area contributed by atoms with E-state index >= 15 is 0 Å². The molecule has 3 heteroatoms. The van der Waals surface area contributed by atoms with Crippen LogP contribution >= 0.6 is 0 Å². The molecule has 0 amide bonds. The predicted octanol–water partition coefficient (Wildman–Crippen LogP) is 3.14. The number of hydrogen-bond acceptors (Lipinski definition) is 2. The van der Waals surface area contributed by atoms with Crippen LogP contribution in [-0.2, 0) is 22.4 Å². The Morgan fingerprint density at radius 3 is 2.83 bits per heavy atom. The number of esters is 1. The van der Waals surface area contributed by atoms with E-state index < -0.39 is 0 Å². The number of benzene rings is 1. The average Bonchev–Trinajstić information content (AvgIpc) is 2.68. The molecule has 0 spiro atoms. The van der Waals surface area contributed by atoms with Crippen LogP contribution < -0.4 is 0 Å². The predicted molar refractivity (Wildman–Crippen MR) is 72.8 cm³/mol. The minimum absolute atomic E-state index is 0.185. The first kappa shape index (κ1) is 12.7. The second-order valence-corrected chi connectivity index (χ2v) is 4.63. The van der Waals surface area contributed by atoms with Crippen molar-refractivity contribution in [1.82, 2.24) is 4.98 Å². The Morgan fingerprint density at radius 1 is 1.39 bits per heavy atom. The first-order valence-electron chi connectivity index (χ1n) is 6.32. The summed E-state index contributed by atoms with van der Waals surface area (Å²) < 4.78 is 4.78. The van der Waals surface area contributed by atoms with Crippen LogP contribution in [0.3, 0.4) is 0 Å². The second kappa shape index (κ2) is 5.25. The summed E-state index contributed by atoms with van der Waals surface area (Å²) in [6.45, 7) is 4.20. The van der Waals surface area contributed by atoms with Gasteiger partial charge in [0, 0.05) is 16.6 Å². The molecular weight excluding hydrogens is 226 g/mol. The summed E-state index contributed by atoms with van der Waals surface area (Å²) in [7, 11) is 1.43. The molecule has 0 saturated carbocycles. The van der Waals surface area contributed by atoms with E-state index in [1.165, 1.54) is 12.7 Å². The quantitative estimate of drug-likeness (QED) is 0.841. The fraction of sp³-hybridized carbons (Fsp3) is 0.400. The minimum atomic E-state index is -0.185. The summed E-state index contributed by atoms with van der Waals surface area (Å²) in [5.74, 6) is -0.185. The van der Waals surface area contributed by atoms with Crippen molar-refractivity contribution in [2.24, 2.45) is 0 Å². The summed E-state index contributed by atoms with van der Waals surface area (Å²) in [5, 5.41) is 1.14. The van der Waals surface area contributed by atoms with Gasteiger partial charge in [-0.1, -0.05) is 25.0 Å². The second-order valence-electron chi connectivity index (χ2n) is 4.63. The third kappa shape index (κ3) is 2.40. The van der Waals surface area contributed by atoms with Gasteiger partial charge in [-0.25, -0.2) is 0 Å².